The second-order valence-corrected chi connectivity index (χ2v) is 7.54. The number of aromatic nitrogens is 2. The monoisotopic (exact) mass is 398 g/mol. The minimum absolute atomic E-state index is 0.202. The van der Waals surface area contributed by atoms with E-state index in [9.17, 15) is 0 Å². The molecule has 0 bridgehead atoms. The molecule has 0 radical (unpaired) electrons. The molecule has 0 amide bonds. The molecule has 4 nitrogen and oxygen atoms in total. The highest BCUT2D eigenvalue weighted by Gasteiger charge is 2.23. The number of nitrogens with two attached hydrogens (primary N) is 1. The van der Waals surface area contributed by atoms with Crippen LogP contribution in [-0.2, 0) is 7.05 Å². The summed E-state index contributed by atoms with van der Waals surface area (Å²) in [5.74, 6) is 5.63. The summed E-state index contributed by atoms with van der Waals surface area (Å²) in [7, 11) is 1.83. The van der Waals surface area contributed by atoms with Crippen LogP contribution in [0.2, 0.25) is 5.02 Å². The fraction of sp³-hybridized carbons (Fsp3) is 0.222. The van der Waals surface area contributed by atoms with E-state index in [0.29, 0.717) is 5.02 Å². The van der Waals surface area contributed by atoms with Crippen molar-refractivity contribution >= 4 is 54.8 Å². The molecule has 92 valence electrons. The van der Waals surface area contributed by atoms with Crippen LogP contribution < -0.4 is 11.3 Å². The molecular formula is C9H9Br2ClN4S. The van der Waals surface area contributed by atoms with Crippen LogP contribution in [0.25, 0.3) is 0 Å². The highest BCUT2D eigenvalue weighted by atomic mass is 79.9. The molecule has 2 heterocycles. The molecule has 0 spiro atoms. The first kappa shape index (κ1) is 13.5. The van der Waals surface area contributed by atoms with Crippen LogP contribution >= 0.6 is 54.8 Å². The summed E-state index contributed by atoms with van der Waals surface area (Å²) in [6.07, 6.45) is 1.61. The summed E-state index contributed by atoms with van der Waals surface area (Å²) in [6.45, 7) is 0. The van der Waals surface area contributed by atoms with Gasteiger partial charge in [0.1, 0.15) is 0 Å². The van der Waals surface area contributed by atoms with Gasteiger partial charge in [0.2, 0.25) is 0 Å². The second-order valence-electron chi connectivity index (χ2n) is 3.38. The number of nitrogens with one attached hydrogen (secondary N) is 1. The maximum atomic E-state index is 6.13. The Bertz CT molecular complexity index is 520. The third kappa shape index (κ3) is 2.59. The summed E-state index contributed by atoms with van der Waals surface area (Å²) in [5.41, 5.74) is 4.62. The first-order valence-corrected chi connectivity index (χ1v) is 7.41. The standard InChI is InChI=1S/C9H9Br2ClN4S/c1-16-8(5(12)3-14-16)7(15-13)4-2-6(10)17-9(4)11/h2-3,7,15H,13H2,1H3. The fourth-order valence-corrected chi connectivity index (χ4v) is 4.79. The van der Waals surface area contributed by atoms with Gasteiger partial charge in [0, 0.05) is 12.6 Å². The van der Waals surface area contributed by atoms with Crippen molar-refractivity contribution in [2.24, 2.45) is 12.9 Å². The maximum absolute atomic E-state index is 6.13. The van der Waals surface area contributed by atoms with E-state index in [-0.39, 0.29) is 6.04 Å². The van der Waals surface area contributed by atoms with Crippen LogP contribution in [0.4, 0.5) is 0 Å². The molecule has 0 saturated heterocycles. The average Bonchev–Trinajstić information content (AvgIpc) is 2.76. The van der Waals surface area contributed by atoms with Crippen molar-refractivity contribution in [2.75, 3.05) is 0 Å². The van der Waals surface area contributed by atoms with Crippen LogP contribution in [0.1, 0.15) is 17.3 Å². The topological polar surface area (TPSA) is 55.9 Å². The lowest BCUT2D eigenvalue weighted by Crippen LogP contribution is -2.30. The lowest BCUT2D eigenvalue weighted by atomic mass is 10.1. The van der Waals surface area contributed by atoms with Crippen molar-refractivity contribution in [1.29, 1.82) is 0 Å². The van der Waals surface area contributed by atoms with Crippen molar-refractivity contribution in [3.05, 3.63) is 36.1 Å². The Labute approximate surface area is 124 Å². The van der Waals surface area contributed by atoms with Crippen LogP contribution in [0.15, 0.2) is 19.8 Å². The predicted octanol–water partition coefficient (Wildman–Crippen LogP) is 3.21. The van der Waals surface area contributed by atoms with Crippen molar-refractivity contribution in [3.63, 3.8) is 0 Å². The van der Waals surface area contributed by atoms with Gasteiger partial charge in [-0.25, -0.2) is 5.43 Å². The van der Waals surface area contributed by atoms with E-state index in [2.05, 4.69) is 42.4 Å². The predicted molar refractivity (Wildman–Crippen MR) is 77.1 cm³/mol. The van der Waals surface area contributed by atoms with Gasteiger partial charge in [0.15, 0.2) is 0 Å². The fourth-order valence-electron chi connectivity index (χ4n) is 1.61. The van der Waals surface area contributed by atoms with Crippen molar-refractivity contribution in [3.8, 4) is 0 Å². The number of hydrogen-bond acceptors (Lipinski definition) is 4. The quantitative estimate of drug-likeness (QED) is 0.614. The van der Waals surface area contributed by atoms with Crippen molar-refractivity contribution in [1.82, 2.24) is 15.2 Å². The Morgan fingerprint density at radius 3 is 2.71 bits per heavy atom. The molecule has 0 aliphatic rings. The smallest absolute Gasteiger partial charge is 0.0912 e. The van der Waals surface area contributed by atoms with E-state index in [1.165, 1.54) is 0 Å². The first-order chi connectivity index (χ1) is 8.04. The Kier molecular flexibility index (Phi) is 4.27. The highest BCUT2D eigenvalue weighted by molar-refractivity contribution is 9.12. The zero-order valence-corrected chi connectivity index (χ0v) is 13.5. The molecule has 0 aromatic carbocycles. The van der Waals surface area contributed by atoms with Gasteiger partial charge in [0.25, 0.3) is 0 Å². The average molecular weight is 401 g/mol. The van der Waals surface area contributed by atoms with Gasteiger partial charge in [-0.1, -0.05) is 11.6 Å². The summed E-state index contributed by atoms with van der Waals surface area (Å²) >= 11 is 14.7. The van der Waals surface area contributed by atoms with E-state index in [1.54, 1.807) is 22.2 Å². The SMILES string of the molecule is Cn1ncc(Cl)c1C(NN)c1cc(Br)sc1Br. The highest BCUT2D eigenvalue weighted by Crippen LogP contribution is 2.38. The summed E-state index contributed by atoms with van der Waals surface area (Å²) in [4.78, 5) is 0. The van der Waals surface area contributed by atoms with Crippen molar-refractivity contribution < 1.29 is 0 Å². The number of aryl methyl sites for hydroxylation is 1. The lowest BCUT2D eigenvalue weighted by Gasteiger charge is -2.16. The van der Waals surface area contributed by atoms with Gasteiger partial charge >= 0.3 is 0 Å². The first-order valence-electron chi connectivity index (χ1n) is 4.62. The number of rotatable bonds is 3. The molecule has 2 aromatic heterocycles. The Hall–Kier alpha value is 0.0800. The molecule has 17 heavy (non-hydrogen) atoms. The van der Waals surface area contributed by atoms with E-state index < -0.39 is 0 Å². The van der Waals surface area contributed by atoms with Gasteiger partial charge in [-0.05, 0) is 37.9 Å². The Morgan fingerprint density at radius 1 is 1.59 bits per heavy atom. The number of hydrogen-bond donors (Lipinski definition) is 2. The molecule has 0 saturated carbocycles. The third-order valence-electron chi connectivity index (χ3n) is 2.37. The number of nitrogens with zero attached hydrogens (tertiary/aromatic N) is 2. The molecule has 1 atom stereocenters. The molecule has 0 aliphatic carbocycles. The summed E-state index contributed by atoms with van der Waals surface area (Å²) in [5, 5.41) is 4.70. The maximum Gasteiger partial charge on any atom is 0.0912 e. The van der Waals surface area contributed by atoms with Crippen LogP contribution in [0.5, 0.6) is 0 Å². The molecule has 8 heteroatoms. The van der Waals surface area contributed by atoms with E-state index in [0.717, 1.165) is 18.8 Å². The third-order valence-corrected chi connectivity index (χ3v) is 5.05. The lowest BCUT2D eigenvalue weighted by molar-refractivity contribution is 0.575. The van der Waals surface area contributed by atoms with Gasteiger partial charge in [-0.3, -0.25) is 10.5 Å². The van der Waals surface area contributed by atoms with E-state index in [4.69, 9.17) is 17.4 Å². The van der Waals surface area contributed by atoms with E-state index >= 15 is 0 Å². The van der Waals surface area contributed by atoms with Crippen LogP contribution in [-0.4, -0.2) is 9.78 Å². The number of hydrazine groups is 1. The molecule has 1 unspecified atom stereocenters. The summed E-state index contributed by atoms with van der Waals surface area (Å²) in [6, 6.07) is 1.80. The normalized spacial score (nSPS) is 13.0. The van der Waals surface area contributed by atoms with Crippen LogP contribution in [0.3, 0.4) is 0 Å². The summed E-state index contributed by atoms with van der Waals surface area (Å²) < 4.78 is 3.74. The minimum Gasteiger partial charge on any atom is -0.271 e. The molecule has 3 N–H and O–H groups in total. The van der Waals surface area contributed by atoms with Gasteiger partial charge in [-0.15, -0.1) is 11.3 Å². The Balaban J connectivity index is 2.51. The molecule has 0 aliphatic heterocycles. The molecule has 2 rings (SSSR count). The van der Waals surface area contributed by atoms with Gasteiger partial charge in [0.05, 0.1) is 30.5 Å². The van der Waals surface area contributed by atoms with Crippen molar-refractivity contribution in [2.45, 2.75) is 6.04 Å². The Morgan fingerprint density at radius 2 is 2.29 bits per heavy atom. The minimum atomic E-state index is -0.202. The van der Waals surface area contributed by atoms with Gasteiger partial charge < -0.3 is 0 Å². The second kappa shape index (κ2) is 5.38. The zero-order chi connectivity index (χ0) is 12.6. The van der Waals surface area contributed by atoms with E-state index in [1.807, 2.05) is 13.1 Å². The molecule has 2 aromatic rings. The number of thiophene rings is 1. The zero-order valence-electron chi connectivity index (χ0n) is 8.75. The largest absolute Gasteiger partial charge is 0.271 e. The molecular weight excluding hydrogens is 391 g/mol. The molecule has 0 fully saturated rings. The number of halogens is 3. The van der Waals surface area contributed by atoms with Crippen LogP contribution in [0, 0.1) is 0 Å². The van der Waals surface area contributed by atoms with Gasteiger partial charge in [-0.2, -0.15) is 5.10 Å².